The molecular formula is C9H6F2N2O3. The van der Waals surface area contributed by atoms with Crippen molar-refractivity contribution in [1.82, 2.24) is 4.98 Å². The van der Waals surface area contributed by atoms with Crippen LogP contribution in [0.3, 0.4) is 0 Å². The first-order valence-electron chi connectivity index (χ1n) is 4.01. The maximum Gasteiger partial charge on any atom is 0.354 e. The van der Waals surface area contributed by atoms with Gasteiger partial charge in [-0.1, -0.05) is 0 Å². The van der Waals surface area contributed by atoms with Gasteiger partial charge in [-0.15, -0.1) is 0 Å². The molecule has 0 aromatic carbocycles. The standard InChI is InChI=1S/C9H6F2N2O3/c1-16-6-2-4(9(14)15)13-5(3-12)7(6)8(10)11/h2,8H,1H3,(H,14,15). The van der Waals surface area contributed by atoms with Crippen LogP contribution < -0.4 is 4.74 Å². The van der Waals surface area contributed by atoms with E-state index in [2.05, 4.69) is 9.72 Å². The van der Waals surface area contributed by atoms with Gasteiger partial charge in [0.25, 0.3) is 6.43 Å². The molecule has 0 amide bonds. The van der Waals surface area contributed by atoms with E-state index in [4.69, 9.17) is 10.4 Å². The molecule has 16 heavy (non-hydrogen) atoms. The molecule has 0 saturated heterocycles. The lowest BCUT2D eigenvalue weighted by Crippen LogP contribution is -2.07. The molecule has 0 bridgehead atoms. The fraction of sp³-hybridized carbons (Fsp3) is 0.222. The van der Waals surface area contributed by atoms with Gasteiger partial charge in [0, 0.05) is 6.07 Å². The van der Waals surface area contributed by atoms with Gasteiger partial charge < -0.3 is 9.84 Å². The molecule has 1 heterocycles. The number of hydrogen-bond acceptors (Lipinski definition) is 4. The predicted molar refractivity (Wildman–Crippen MR) is 47.4 cm³/mol. The molecule has 0 fully saturated rings. The van der Waals surface area contributed by atoms with Crippen molar-refractivity contribution in [3.8, 4) is 11.8 Å². The summed E-state index contributed by atoms with van der Waals surface area (Å²) >= 11 is 0. The minimum atomic E-state index is -2.96. The number of pyridine rings is 1. The van der Waals surface area contributed by atoms with Crippen LogP contribution in [0.4, 0.5) is 8.78 Å². The number of methoxy groups -OCH3 is 1. The Hall–Kier alpha value is -2.23. The second-order valence-corrected chi connectivity index (χ2v) is 2.69. The quantitative estimate of drug-likeness (QED) is 0.849. The van der Waals surface area contributed by atoms with E-state index in [0.29, 0.717) is 0 Å². The average Bonchev–Trinajstić information content (AvgIpc) is 2.26. The van der Waals surface area contributed by atoms with Gasteiger partial charge in [-0.2, -0.15) is 5.26 Å². The van der Waals surface area contributed by atoms with Crippen molar-refractivity contribution in [1.29, 1.82) is 5.26 Å². The molecule has 0 saturated carbocycles. The molecular weight excluding hydrogens is 222 g/mol. The minimum absolute atomic E-state index is 0.362. The lowest BCUT2D eigenvalue weighted by Gasteiger charge is -2.09. The molecule has 0 aliphatic carbocycles. The van der Waals surface area contributed by atoms with E-state index in [1.807, 2.05) is 0 Å². The van der Waals surface area contributed by atoms with Crippen molar-refractivity contribution in [3.05, 3.63) is 23.0 Å². The van der Waals surface area contributed by atoms with Crippen LogP contribution in [0.1, 0.15) is 28.2 Å². The van der Waals surface area contributed by atoms with Crippen molar-refractivity contribution in [2.75, 3.05) is 7.11 Å². The molecule has 1 aromatic rings. The van der Waals surface area contributed by atoms with Gasteiger partial charge in [-0.05, 0) is 0 Å². The summed E-state index contributed by atoms with van der Waals surface area (Å²) < 4.78 is 29.8. The van der Waals surface area contributed by atoms with Gasteiger partial charge in [0.05, 0.1) is 12.7 Å². The van der Waals surface area contributed by atoms with E-state index < -0.39 is 29.3 Å². The first-order chi connectivity index (χ1) is 7.51. The lowest BCUT2D eigenvalue weighted by molar-refractivity contribution is 0.0689. The predicted octanol–water partition coefficient (Wildman–Crippen LogP) is 1.60. The zero-order valence-corrected chi connectivity index (χ0v) is 8.07. The summed E-state index contributed by atoms with van der Waals surface area (Å²) in [6.07, 6.45) is -2.96. The Balaban J connectivity index is 3.51. The van der Waals surface area contributed by atoms with E-state index in [0.717, 1.165) is 13.2 Å². The molecule has 0 radical (unpaired) electrons. The highest BCUT2D eigenvalue weighted by molar-refractivity contribution is 5.86. The number of halogens is 2. The first-order valence-corrected chi connectivity index (χ1v) is 4.01. The number of ether oxygens (including phenoxy) is 1. The molecule has 0 aliphatic heterocycles. The summed E-state index contributed by atoms with van der Waals surface area (Å²) in [5.41, 5.74) is -1.86. The SMILES string of the molecule is COc1cc(C(=O)O)nc(C#N)c1C(F)F. The Bertz CT molecular complexity index is 469. The fourth-order valence-corrected chi connectivity index (χ4v) is 1.11. The summed E-state index contributed by atoms with van der Waals surface area (Å²) in [5.74, 6) is -1.78. The Morgan fingerprint density at radius 3 is 2.69 bits per heavy atom. The molecule has 0 spiro atoms. The number of aromatic nitrogens is 1. The van der Waals surface area contributed by atoms with Crippen LogP contribution in [0.5, 0.6) is 5.75 Å². The van der Waals surface area contributed by atoms with Crippen molar-refractivity contribution >= 4 is 5.97 Å². The largest absolute Gasteiger partial charge is 0.496 e. The molecule has 1 aromatic heterocycles. The Morgan fingerprint density at radius 1 is 1.69 bits per heavy atom. The summed E-state index contributed by atoms with van der Waals surface area (Å²) in [7, 11) is 1.11. The number of carboxylic acid groups (broad SMARTS) is 1. The second-order valence-electron chi connectivity index (χ2n) is 2.69. The average molecular weight is 228 g/mol. The highest BCUT2D eigenvalue weighted by Crippen LogP contribution is 2.31. The van der Waals surface area contributed by atoms with Crippen LogP contribution in [-0.4, -0.2) is 23.2 Å². The van der Waals surface area contributed by atoms with Crippen LogP contribution in [0.15, 0.2) is 6.07 Å². The molecule has 1 rings (SSSR count). The van der Waals surface area contributed by atoms with Crippen LogP contribution in [0.25, 0.3) is 0 Å². The van der Waals surface area contributed by atoms with Gasteiger partial charge in [0.2, 0.25) is 0 Å². The molecule has 5 nitrogen and oxygen atoms in total. The van der Waals surface area contributed by atoms with Crippen LogP contribution in [0.2, 0.25) is 0 Å². The fourth-order valence-electron chi connectivity index (χ4n) is 1.11. The zero-order chi connectivity index (χ0) is 12.3. The monoisotopic (exact) mass is 228 g/mol. The first kappa shape index (κ1) is 11.8. The van der Waals surface area contributed by atoms with Gasteiger partial charge in [-0.3, -0.25) is 0 Å². The Kier molecular flexibility index (Phi) is 3.35. The number of aromatic carboxylic acids is 1. The van der Waals surface area contributed by atoms with E-state index in [9.17, 15) is 13.6 Å². The van der Waals surface area contributed by atoms with E-state index in [-0.39, 0.29) is 5.75 Å². The number of hydrogen-bond donors (Lipinski definition) is 1. The third-order valence-corrected chi connectivity index (χ3v) is 1.78. The van der Waals surface area contributed by atoms with Crippen molar-refractivity contribution in [2.24, 2.45) is 0 Å². The smallest absolute Gasteiger partial charge is 0.354 e. The van der Waals surface area contributed by atoms with Crippen molar-refractivity contribution in [2.45, 2.75) is 6.43 Å². The van der Waals surface area contributed by atoms with E-state index in [1.54, 1.807) is 0 Å². The number of nitriles is 1. The van der Waals surface area contributed by atoms with Gasteiger partial charge in [-0.25, -0.2) is 18.6 Å². The van der Waals surface area contributed by atoms with Crippen LogP contribution >= 0.6 is 0 Å². The van der Waals surface area contributed by atoms with Gasteiger partial charge in [0.15, 0.2) is 11.4 Å². The summed E-state index contributed by atoms with van der Waals surface area (Å²) in [6, 6.07) is 2.26. The van der Waals surface area contributed by atoms with E-state index >= 15 is 0 Å². The highest BCUT2D eigenvalue weighted by Gasteiger charge is 2.23. The Labute approximate surface area is 88.9 Å². The molecule has 84 valence electrons. The lowest BCUT2D eigenvalue weighted by atomic mass is 10.1. The topological polar surface area (TPSA) is 83.2 Å². The van der Waals surface area contributed by atoms with Gasteiger partial charge >= 0.3 is 5.97 Å². The zero-order valence-electron chi connectivity index (χ0n) is 8.07. The molecule has 1 N–H and O–H groups in total. The van der Waals surface area contributed by atoms with Crippen molar-refractivity contribution in [3.63, 3.8) is 0 Å². The van der Waals surface area contributed by atoms with Crippen molar-refractivity contribution < 1.29 is 23.4 Å². The van der Waals surface area contributed by atoms with Crippen LogP contribution in [0, 0.1) is 11.3 Å². The molecule has 0 atom stereocenters. The maximum absolute atomic E-state index is 12.6. The summed E-state index contributed by atoms with van der Waals surface area (Å²) in [5, 5.41) is 17.2. The maximum atomic E-state index is 12.6. The van der Waals surface area contributed by atoms with E-state index in [1.165, 1.54) is 6.07 Å². The normalized spacial score (nSPS) is 9.94. The second kappa shape index (κ2) is 4.53. The number of carboxylic acids is 1. The number of rotatable bonds is 3. The van der Waals surface area contributed by atoms with Gasteiger partial charge in [0.1, 0.15) is 11.8 Å². The number of carbonyl (C=O) groups is 1. The molecule has 7 heteroatoms. The van der Waals surface area contributed by atoms with Crippen LogP contribution in [-0.2, 0) is 0 Å². The summed E-state index contributed by atoms with van der Waals surface area (Å²) in [4.78, 5) is 13.9. The third-order valence-electron chi connectivity index (χ3n) is 1.78. The molecule has 0 aliphatic rings. The Morgan fingerprint density at radius 2 is 2.31 bits per heavy atom. The third kappa shape index (κ3) is 2.06. The minimum Gasteiger partial charge on any atom is -0.496 e. The number of alkyl halides is 2. The highest BCUT2D eigenvalue weighted by atomic mass is 19.3. The number of nitrogens with zero attached hydrogens (tertiary/aromatic N) is 2. The summed E-state index contributed by atoms with van der Waals surface area (Å²) in [6.45, 7) is 0. The molecule has 0 unspecified atom stereocenters.